The van der Waals surface area contributed by atoms with Crippen molar-refractivity contribution in [3.8, 4) is 22.6 Å². The molecule has 4 nitrogen and oxygen atoms in total. The average molecular weight is 377 g/mol. The highest BCUT2D eigenvalue weighted by Crippen LogP contribution is 2.30. The molecule has 0 spiro atoms. The highest BCUT2D eigenvalue weighted by atomic mass is 127. The van der Waals surface area contributed by atoms with Crippen LogP contribution >= 0.6 is 22.6 Å². The molecule has 3 rings (SSSR count). The Labute approximate surface area is 130 Å². The summed E-state index contributed by atoms with van der Waals surface area (Å²) in [6.45, 7) is 1.88. The molecular weight excluding hydrogens is 365 g/mol. The van der Waals surface area contributed by atoms with Gasteiger partial charge in [-0.25, -0.2) is 9.97 Å². The molecule has 0 saturated heterocycles. The predicted molar refractivity (Wildman–Crippen MR) is 87.0 cm³/mol. The molecule has 0 unspecified atom stereocenters. The van der Waals surface area contributed by atoms with Gasteiger partial charge in [0, 0.05) is 5.56 Å². The summed E-state index contributed by atoms with van der Waals surface area (Å²) in [5.74, 6) is 1.85. The number of nitrogen functional groups attached to an aromatic ring is 1. The Bertz CT molecular complexity index is 753. The average Bonchev–Trinajstić information content (AvgIpc) is 2.89. The van der Waals surface area contributed by atoms with Crippen LogP contribution < -0.4 is 5.73 Å². The van der Waals surface area contributed by atoms with Gasteiger partial charge in [0.15, 0.2) is 5.82 Å². The standard InChI is InChI=1S/C15H12IN3O/c1-9-11(7-8-20-9)15-18-13(12(16)14(17)19-15)10-5-3-2-4-6-10/h2-8H,1H3,(H2,17,18,19). The van der Waals surface area contributed by atoms with E-state index in [1.165, 1.54) is 0 Å². The summed E-state index contributed by atoms with van der Waals surface area (Å²) in [6, 6.07) is 11.8. The maximum absolute atomic E-state index is 6.03. The molecule has 5 heteroatoms. The van der Waals surface area contributed by atoms with E-state index in [1.807, 2.05) is 43.3 Å². The van der Waals surface area contributed by atoms with Crippen LogP contribution in [-0.4, -0.2) is 9.97 Å². The van der Waals surface area contributed by atoms with Crippen LogP contribution in [-0.2, 0) is 0 Å². The third-order valence-electron chi connectivity index (χ3n) is 3.02. The number of nitrogens with zero attached hydrogens (tertiary/aromatic N) is 2. The maximum atomic E-state index is 6.03. The van der Waals surface area contributed by atoms with Gasteiger partial charge >= 0.3 is 0 Å². The van der Waals surface area contributed by atoms with Gasteiger partial charge in [-0.1, -0.05) is 30.3 Å². The van der Waals surface area contributed by atoms with Crippen molar-refractivity contribution in [2.75, 3.05) is 5.73 Å². The SMILES string of the molecule is Cc1occc1-c1nc(N)c(I)c(-c2ccccc2)n1. The first kappa shape index (κ1) is 13.1. The molecule has 2 aromatic heterocycles. The number of furan rings is 1. The van der Waals surface area contributed by atoms with E-state index in [-0.39, 0.29) is 0 Å². The maximum Gasteiger partial charge on any atom is 0.165 e. The molecule has 2 heterocycles. The number of rotatable bonds is 2. The third kappa shape index (κ3) is 2.29. The summed E-state index contributed by atoms with van der Waals surface area (Å²) in [5, 5.41) is 0. The van der Waals surface area contributed by atoms with Crippen LogP contribution in [0.25, 0.3) is 22.6 Å². The highest BCUT2D eigenvalue weighted by Gasteiger charge is 2.15. The molecule has 0 atom stereocenters. The summed E-state index contributed by atoms with van der Waals surface area (Å²) in [6.07, 6.45) is 1.63. The fraction of sp³-hybridized carbons (Fsp3) is 0.0667. The molecule has 0 aliphatic carbocycles. The van der Waals surface area contributed by atoms with Gasteiger partial charge in [0.1, 0.15) is 11.6 Å². The van der Waals surface area contributed by atoms with E-state index in [1.54, 1.807) is 6.26 Å². The van der Waals surface area contributed by atoms with Crippen molar-refractivity contribution in [1.82, 2.24) is 9.97 Å². The first-order chi connectivity index (χ1) is 9.66. The number of anilines is 1. The zero-order chi connectivity index (χ0) is 14.1. The molecule has 0 bridgehead atoms. The smallest absolute Gasteiger partial charge is 0.165 e. The van der Waals surface area contributed by atoms with Gasteiger partial charge in [-0.2, -0.15) is 0 Å². The fourth-order valence-electron chi connectivity index (χ4n) is 1.99. The molecular formula is C15H12IN3O. The van der Waals surface area contributed by atoms with Crippen LogP contribution in [0.1, 0.15) is 5.76 Å². The van der Waals surface area contributed by atoms with E-state index in [4.69, 9.17) is 10.2 Å². The number of benzene rings is 1. The molecule has 1 aromatic carbocycles. The minimum atomic E-state index is 0.482. The topological polar surface area (TPSA) is 64.9 Å². The lowest BCUT2D eigenvalue weighted by Gasteiger charge is -2.08. The van der Waals surface area contributed by atoms with Crippen molar-refractivity contribution in [1.29, 1.82) is 0 Å². The minimum absolute atomic E-state index is 0.482. The van der Waals surface area contributed by atoms with Crippen LogP contribution in [0.2, 0.25) is 0 Å². The zero-order valence-electron chi connectivity index (χ0n) is 10.8. The number of aromatic nitrogens is 2. The number of aryl methyl sites for hydroxylation is 1. The van der Waals surface area contributed by atoms with E-state index in [0.717, 1.165) is 26.2 Å². The van der Waals surface area contributed by atoms with Crippen LogP contribution in [0.4, 0.5) is 5.82 Å². The Morgan fingerprint density at radius 3 is 2.50 bits per heavy atom. The highest BCUT2D eigenvalue weighted by molar-refractivity contribution is 14.1. The van der Waals surface area contributed by atoms with Crippen molar-refractivity contribution < 1.29 is 4.42 Å². The van der Waals surface area contributed by atoms with E-state index in [2.05, 4.69) is 32.6 Å². The molecule has 0 saturated carbocycles. The Balaban J connectivity index is 2.21. The van der Waals surface area contributed by atoms with Gasteiger partial charge in [-0.15, -0.1) is 0 Å². The Hall–Kier alpha value is -1.89. The zero-order valence-corrected chi connectivity index (χ0v) is 13.0. The van der Waals surface area contributed by atoms with Crippen molar-refractivity contribution in [3.05, 3.63) is 52.0 Å². The Kier molecular flexibility index (Phi) is 3.43. The van der Waals surface area contributed by atoms with Crippen molar-refractivity contribution in [2.45, 2.75) is 6.92 Å². The minimum Gasteiger partial charge on any atom is -0.469 e. The van der Waals surface area contributed by atoms with Gasteiger partial charge in [-0.05, 0) is 35.6 Å². The second kappa shape index (κ2) is 5.24. The van der Waals surface area contributed by atoms with E-state index in [0.29, 0.717) is 11.6 Å². The number of hydrogen-bond donors (Lipinski definition) is 1. The molecule has 0 aliphatic rings. The van der Waals surface area contributed by atoms with Gasteiger partial charge < -0.3 is 10.2 Å². The lowest BCUT2D eigenvalue weighted by Crippen LogP contribution is -2.02. The van der Waals surface area contributed by atoms with Crippen LogP contribution in [0.15, 0.2) is 47.1 Å². The van der Waals surface area contributed by atoms with Crippen LogP contribution in [0, 0.1) is 10.5 Å². The summed E-state index contributed by atoms with van der Waals surface area (Å²) < 4.78 is 6.17. The summed E-state index contributed by atoms with van der Waals surface area (Å²) in [5.41, 5.74) is 8.76. The normalized spacial score (nSPS) is 10.7. The number of hydrogen-bond acceptors (Lipinski definition) is 4. The van der Waals surface area contributed by atoms with Gasteiger partial charge in [0.25, 0.3) is 0 Å². The Morgan fingerprint density at radius 2 is 1.85 bits per heavy atom. The van der Waals surface area contributed by atoms with Crippen molar-refractivity contribution >= 4 is 28.4 Å². The summed E-state index contributed by atoms with van der Waals surface area (Å²) in [4.78, 5) is 9.01. The van der Waals surface area contributed by atoms with Gasteiger partial charge in [0.2, 0.25) is 0 Å². The van der Waals surface area contributed by atoms with Crippen molar-refractivity contribution in [2.24, 2.45) is 0 Å². The molecule has 0 amide bonds. The summed E-state index contributed by atoms with van der Waals surface area (Å²) >= 11 is 2.18. The molecule has 100 valence electrons. The lowest BCUT2D eigenvalue weighted by molar-refractivity contribution is 0.535. The number of halogens is 1. The second-order valence-electron chi connectivity index (χ2n) is 4.35. The van der Waals surface area contributed by atoms with Crippen LogP contribution in [0.3, 0.4) is 0 Å². The monoisotopic (exact) mass is 377 g/mol. The lowest BCUT2D eigenvalue weighted by atomic mass is 10.1. The van der Waals surface area contributed by atoms with E-state index in [9.17, 15) is 0 Å². The second-order valence-corrected chi connectivity index (χ2v) is 5.43. The van der Waals surface area contributed by atoms with Crippen LogP contribution in [0.5, 0.6) is 0 Å². The third-order valence-corrected chi connectivity index (χ3v) is 4.09. The molecule has 0 radical (unpaired) electrons. The largest absolute Gasteiger partial charge is 0.469 e. The van der Waals surface area contributed by atoms with Crippen molar-refractivity contribution in [3.63, 3.8) is 0 Å². The van der Waals surface area contributed by atoms with E-state index >= 15 is 0 Å². The fourth-order valence-corrected chi connectivity index (χ4v) is 2.54. The van der Waals surface area contributed by atoms with Gasteiger partial charge in [0.05, 0.1) is 21.1 Å². The first-order valence-electron chi connectivity index (χ1n) is 6.09. The molecule has 0 aliphatic heterocycles. The van der Waals surface area contributed by atoms with Gasteiger partial charge in [-0.3, -0.25) is 0 Å². The van der Waals surface area contributed by atoms with E-state index < -0.39 is 0 Å². The molecule has 0 fully saturated rings. The molecule has 20 heavy (non-hydrogen) atoms. The molecule has 2 N–H and O–H groups in total. The number of nitrogens with two attached hydrogens (primary N) is 1. The summed E-state index contributed by atoms with van der Waals surface area (Å²) in [7, 11) is 0. The Morgan fingerprint density at radius 1 is 1.10 bits per heavy atom. The molecule has 3 aromatic rings. The quantitative estimate of drug-likeness (QED) is 0.688. The first-order valence-corrected chi connectivity index (χ1v) is 7.17. The predicted octanol–water partition coefficient (Wildman–Crippen LogP) is 3.90.